The van der Waals surface area contributed by atoms with Gasteiger partial charge in [-0.15, -0.1) is 0 Å². The van der Waals surface area contributed by atoms with Crippen LogP contribution in [-0.2, 0) is 4.79 Å². The molecule has 0 aliphatic heterocycles. The van der Waals surface area contributed by atoms with E-state index >= 15 is 0 Å². The lowest BCUT2D eigenvalue weighted by Gasteiger charge is -2.09. The number of hydrogen-bond acceptors (Lipinski definition) is 2. The van der Waals surface area contributed by atoms with Gasteiger partial charge in [0.05, 0.1) is 10.7 Å². The first-order chi connectivity index (χ1) is 9.95. The first-order valence-electron chi connectivity index (χ1n) is 6.09. The van der Waals surface area contributed by atoms with Crippen LogP contribution in [0.2, 0.25) is 5.02 Å². The summed E-state index contributed by atoms with van der Waals surface area (Å²) in [5, 5.41) is 2.67. The van der Waals surface area contributed by atoms with Crippen molar-refractivity contribution in [1.29, 1.82) is 0 Å². The van der Waals surface area contributed by atoms with Crippen LogP contribution in [0.1, 0.15) is 5.56 Å². The van der Waals surface area contributed by atoms with Gasteiger partial charge >= 0.3 is 0 Å². The van der Waals surface area contributed by atoms with E-state index in [0.29, 0.717) is 11.4 Å². The van der Waals surface area contributed by atoms with Gasteiger partial charge in [0.25, 0.3) is 5.91 Å². The molecule has 110 valence electrons. The molecule has 0 fully saturated rings. The number of carbonyl (C=O) groups excluding carboxylic acids is 1. The number of anilines is 1. The SMILES string of the molecule is Cc1ccc(NC(=O)COc2ccc(F)c(Cl)c2)c(Br)c1. The van der Waals surface area contributed by atoms with E-state index in [-0.39, 0.29) is 17.5 Å². The smallest absolute Gasteiger partial charge is 0.262 e. The summed E-state index contributed by atoms with van der Waals surface area (Å²) in [6, 6.07) is 9.51. The maximum absolute atomic E-state index is 13.0. The molecule has 0 bridgehead atoms. The monoisotopic (exact) mass is 371 g/mol. The van der Waals surface area contributed by atoms with Gasteiger partial charge in [-0.25, -0.2) is 4.39 Å². The molecule has 0 saturated carbocycles. The Morgan fingerprint density at radius 2 is 2.10 bits per heavy atom. The molecule has 2 aromatic carbocycles. The quantitative estimate of drug-likeness (QED) is 0.854. The standard InChI is InChI=1S/C15H12BrClFNO2/c1-9-2-5-14(11(16)6-9)19-15(20)8-21-10-3-4-13(18)12(17)7-10/h2-7H,8H2,1H3,(H,19,20). The van der Waals surface area contributed by atoms with E-state index in [9.17, 15) is 9.18 Å². The first kappa shape index (κ1) is 15.8. The number of rotatable bonds is 4. The van der Waals surface area contributed by atoms with Crippen LogP contribution in [0.3, 0.4) is 0 Å². The van der Waals surface area contributed by atoms with Crippen LogP contribution >= 0.6 is 27.5 Å². The van der Waals surface area contributed by atoms with Crippen molar-refractivity contribution in [3.05, 3.63) is 57.3 Å². The molecule has 0 heterocycles. The lowest BCUT2D eigenvalue weighted by atomic mass is 10.2. The van der Waals surface area contributed by atoms with Gasteiger partial charge in [0.2, 0.25) is 0 Å². The summed E-state index contributed by atoms with van der Waals surface area (Å²) in [7, 11) is 0. The normalized spacial score (nSPS) is 10.3. The zero-order valence-electron chi connectivity index (χ0n) is 11.1. The number of amides is 1. The fourth-order valence-corrected chi connectivity index (χ4v) is 2.39. The van der Waals surface area contributed by atoms with Gasteiger partial charge in [-0.3, -0.25) is 4.79 Å². The van der Waals surface area contributed by atoms with E-state index in [1.165, 1.54) is 18.2 Å². The minimum atomic E-state index is -0.531. The van der Waals surface area contributed by atoms with Gasteiger partial charge in [0.1, 0.15) is 11.6 Å². The highest BCUT2D eigenvalue weighted by molar-refractivity contribution is 9.10. The van der Waals surface area contributed by atoms with Crippen molar-refractivity contribution in [3.8, 4) is 5.75 Å². The van der Waals surface area contributed by atoms with E-state index in [1.807, 2.05) is 19.1 Å². The van der Waals surface area contributed by atoms with Gasteiger partial charge in [-0.2, -0.15) is 0 Å². The molecule has 0 unspecified atom stereocenters. The Hall–Kier alpha value is -1.59. The van der Waals surface area contributed by atoms with Crippen LogP contribution < -0.4 is 10.1 Å². The van der Waals surface area contributed by atoms with Crippen molar-refractivity contribution in [1.82, 2.24) is 0 Å². The summed E-state index contributed by atoms with van der Waals surface area (Å²) in [5.41, 5.74) is 1.74. The van der Waals surface area contributed by atoms with Crippen molar-refractivity contribution in [3.63, 3.8) is 0 Å². The molecule has 0 saturated heterocycles. The maximum Gasteiger partial charge on any atom is 0.262 e. The second kappa shape index (κ2) is 6.91. The van der Waals surface area contributed by atoms with Crippen LogP contribution in [0, 0.1) is 12.7 Å². The first-order valence-corrected chi connectivity index (χ1v) is 7.26. The highest BCUT2D eigenvalue weighted by atomic mass is 79.9. The van der Waals surface area contributed by atoms with Gasteiger partial charge in [-0.05, 0) is 52.7 Å². The molecule has 0 spiro atoms. The highest BCUT2D eigenvalue weighted by Crippen LogP contribution is 2.24. The summed E-state index contributed by atoms with van der Waals surface area (Å²) in [5.74, 6) is -0.517. The Morgan fingerprint density at radius 3 is 2.76 bits per heavy atom. The molecule has 1 N–H and O–H groups in total. The third-order valence-corrected chi connectivity index (χ3v) is 3.61. The second-order valence-electron chi connectivity index (χ2n) is 4.40. The van der Waals surface area contributed by atoms with Crippen molar-refractivity contribution in [2.75, 3.05) is 11.9 Å². The summed E-state index contributed by atoms with van der Waals surface area (Å²) >= 11 is 9.01. The Bertz CT molecular complexity index is 679. The Morgan fingerprint density at radius 1 is 1.33 bits per heavy atom. The topological polar surface area (TPSA) is 38.3 Å². The minimum Gasteiger partial charge on any atom is -0.484 e. The summed E-state index contributed by atoms with van der Waals surface area (Å²) in [4.78, 5) is 11.8. The van der Waals surface area contributed by atoms with Crippen molar-refractivity contribution in [2.45, 2.75) is 6.92 Å². The number of aryl methyl sites for hydroxylation is 1. The number of hydrogen-bond donors (Lipinski definition) is 1. The number of ether oxygens (including phenoxy) is 1. The lowest BCUT2D eigenvalue weighted by molar-refractivity contribution is -0.118. The molecule has 2 aromatic rings. The summed E-state index contributed by atoms with van der Waals surface area (Å²) in [6.45, 7) is 1.76. The average molecular weight is 373 g/mol. The van der Waals surface area contributed by atoms with E-state index in [1.54, 1.807) is 6.07 Å². The Labute approximate surface area is 135 Å². The van der Waals surface area contributed by atoms with Gasteiger partial charge in [0, 0.05) is 10.5 Å². The molecule has 3 nitrogen and oxygen atoms in total. The fraction of sp³-hybridized carbons (Fsp3) is 0.133. The molecule has 0 aliphatic rings. The fourth-order valence-electron chi connectivity index (χ4n) is 1.62. The van der Waals surface area contributed by atoms with E-state index in [0.717, 1.165) is 10.0 Å². The predicted octanol–water partition coefficient (Wildman–Crippen LogP) is 4.57. The minimum absolute atomic E-state index is 0.0470. The molecule has 0 aliphatic carbocycles. The lowest BCUT2D eigenvalue weighted by Crippen LogP contribution is -2.20. The third-order valence-electron chi connectivity index (χ3n) is 2.66. The largest absolute Gasteiger partial charge is 0.484 e. The van der Waals surface area contributed by atoms with Crippen LogP contribution in [0.5, 0.6) is 5.75 Å². The second-order valence-corrected chi connectivity index (χ2v) is 5.66. The summed E-state index contributed by atoms with van der Waals surface area (Å²) in [6.07, 6.45) is 0. The third kappa shape index (κ3) is 4.44. The van der Waals surface area contributed by atoms with Crippen LogP contribution in [-0.4, -0.2) is 12.5 Å². The molecular formula is C15H12BrClFNO2. The van der Waals surface area contributed by atoms with Crippen molar-refractivity contribution in [2.24, 2.45) is 0 Å². The molecule has 0 aromatic heterocycles. The number of carbonyl (C=O) groups is 1. The Kier molecular flexibility index (Phi) is 5.20. The van der Waals surface area contributed by atoms with Gasteiger partial charge in [-0.1, -0.05) is 17.7 Å². The zero-order chi connectivity index (χ0) is 15.4. The maximum atomic E-state index is 13.0. The van der Waals surface area contributed by atoms with Crippen molar-refractivity contribution < 1.29 is 13.9 Å². The molecule has 2 rings (SSSR count). The number of nitrogens with one attached hydrogen (secondary N) is 1. The number of halogens is 3. The predicted molar refractivity (Wildman–Crippen MR) is 84.4 cm³/mol. The highest BCUT2D eigenvalue weighted by Gasteiger charge is 2.08. The van der Waals surface area contributed by atoms with Crippen LogP contribution in [0.15, 0.2) is 40.9 Å². The average Bonchev–Trinajstić information content (AvgIpc) is 2.43. The molecule has 1 amide bonds. The Balaban J connectivity index is 1.94. The van der Waals surface area contributed by atoms with E-state index < -0.39 is 5.82 Å². The molecule has 0 atom stereocenters. The molecule has 0 radical (unpaired) electrons. The summed E-state index contributed by atoms with van der Waals surface area (Å²) < 4.78 is 19.0. The molecule has 6 heteroatoms. The van der Waals surface area contributed by atoms with E-state index in [4.69, 9.17) is 16.3 Å². The van der Waals surface area contributed by atoms with Crippen LogP contribution in [0.4, 0.5) is 10.1 Å². The number of benzene rings is 2. The molecular weight excluding hydrogens is 361 g/mol. The van der Waals surface area contributed by atoms with Crippen LogP contribution in [0.25, 0.3) is 0 Å². The van der Waals surface area contributed by atoms with Crippen molar-refractivity contribution >= 4 is 39.1 Å². The molecule has 21 heavy (non-hydrogen) atoms. The van der Waals surface area contributed by atoms with E-state index in [2.05, 4.69) is 21.2 Å². The zero-order valence-corrected chi connectivity index (χ0v) is 13.5. The van der Waals surface area contributed by atoms with Gasteiger partial charge < -0.3 is 10.1 Å². The van der Waals surface area contributed by atoms with Gasteiger partial charge in [0.15, 0.2) is 6.61 Å².